The molecule has 1 aromatic heterocycles. The predicted octanol–water partition coefficient (Wildman–Crippen LogP) is 3.20. The van der Waals surface area contributed by atoms with E-state index in [1.165, 1.54) is 32.1 Å². The average molecular weight is 406 g/mol. The summed E-state index contributed by atoms with van der Waals surface area (Å²) < 4.78 is 11.3. The van der Waals surface area contributed by atoms with Crippen molar-refractivity contribution in [2.75, 3.05) is 31.7 Å². The van der Waals surface area contributed by atoms with Gasteiger partial charge in [-0.15, -0.1) is 24.8 Å². The van der Waals surface area contributed by atoms with Gasteiger partial charge in [0.05, 0.1) is 19.8 Å². The molecule has 1 aliphatic carbocycles. The van der Waals surface area contributed by atoms with Gasteiger partial charge in [-0.2, -0.15) is 0 Å². The fourth-order valence-corrected chi connectivity index (χ4v) is 3.32. The van der Waals surface area contributed by atoms with E-state index in [1.807, 2.05) is 12.1 Å². The van der Waals surface area contributed by atoms with Crippen molar-refractivity contribution in [2.24, 2.45) is 5.92 Å². The number of carbonyl (C=O) groups excluding carboxylic acids is 1. The van der Waals surface area contributed by atoms with E-state index < -0.39 is 0 Å². The van der Waals surface area contributed by atoms with Crippen molar-refractivity contribution in [3.8, 4) is 5.75 Å². The average Bonchev–Trinajstić information content (AvgIpc) is 2.63. The molecule has 1 saturated carbocycles. The lowest BCUT2D eigenvalue weighted by molar-refractivity contribution is -0.117. The molecule has 1 atom stereocenters. The lowest BCUT2D eigenvalue weighted by Crippen LogP contribution is -2.43. The highest BCUT2D eigenvalue weighted by Crippen LogP contribution is 2.27. The Hall–Kier alpha value is -1.08. The number of rotatable bonds is 6. The van der Waals surface area contributed by atoms with Crippen molar-refractivity contribution in [1.29, 1.82) is 0 Å². The van der Waals surface area contributed by atoms with E-state index in [4.69, 9.17) is 9.47 Å². The van der Waals surface area contributed by atoms with E-state index in [1.54, 1.807) is 6.20 Å². The quantitative estimate of drug-likeness (QED) is 0.759. The summed E-state index contributed by atoms with van der Waals surface area (Å²) in [7, 11) is 0. The third-order valence-electron chi connectivity index (χ3n) is 4.66. The molecule has 1 unspecified atom stereocenters. The van der Waals surface area contributed by atoms with E-state index in [-0.39, 0.29) is 36.8 Å². The van der Waals surface area contributed by atoms with Crippen molar-refractivity contribution in [1.82, 2.24) is 10.3 Å². The Morgan fingerprint density at radius 1 is 1.31 bits per heavy atom. The number of carbonyl (C=O) groups is 1. The highest BCUT2D eigenvalue weighted by Gasteiger charge is 2.19. The Balaban J connectivity index is 0.00000169. The molecule has 1 aliphatic heterocycles. The molecule has 2 fully saturated rings. The normalized spacial score (nSPS) is 20.4. The molecule has 0 bridgehead atoms. The van der Waals surface area contributed by atoms with Crippen LogP contribution in [0.5, 0.6) is 5.75 Å². The van der Waals surface area contributed by atoms with Crippen LogP contribution in [0.15, 0.2) is 18.3 Å². The van der Waals surface area contributed by atoms with E-state index in [0.717, 1.165) is 6.54 Å². The molecule has 0 radical (unpaired) electrons. The van der Waals surface area contributed by atoms with Crippen LogP contribution < -0.4 is 15.4 Å². The number of hydrogen-bond acceptors (Lipinski definition) is 5. The molecule has 2 N–H and O–H groups in total. The molecule has 0 aromatic carbocycles. The van der Waals surface area contributed by atoms with E-state index in [2.05, 4.69) is 15.6 Å². The minimum Gasteiger partial charge on any atom is -0.489 e. The Morgan fingerprint density at radius 2 is 2.12 bits per heavy atom. The van der Waals surface area contributed by atoms with Gasteiger partial charge in [0.1, 0.15) is 0 Å². The zero-order valence-corrected chi connectivity index (χ0v) is 16.6. The van der Waals surface area contributed by atoms with Gasteiger partial charge in [-0.3, -0.25) is 4.79 Å². The first-order valence-electron chi connectivity index (χ1n) is 9.00. The molecule has 148 valence electrons. The Morgan fingerprint density at radius 3 is 2.85 bits per heavy atom. The number of pyridine rings is 1. The standard InChI is InChI=1S/C18H27N3O3.2ClH/c22-17(11-15-13-23-10-9-19-15)21-18-16(7-4-8-20-18)24-12-14-5-2-1-3-6-14;;/h4,7-8,14-15,19H,1-3,5-6,9-13H2,(H,20,21,22);2*1H. The van der Waals surface area contributed by atoms with Crippen LogP contribution in [0.1, 0.15) is 38.5 Å². The van der Waals surface area contributed by atoms with Gasteiger partial charge in [0, 0.05) is 25.2 Å². The summed E-state index contributed by atoms with van der Waals surface area (Å²) in [6, 6.07) is 3.77. The van der Waals surface area contributed by atoms with Gasteiger partial charge in [-0.1, -0.05) is 19.3 Å². The smallest absolute Gasteiger partial charge is 0.227 e. The van der Waals surface area contributed by atoms with Crippen LogP contribution in [0, 0.1) is 5.92 Å². The molecular weight excluding hydrogens is 377 g/mol. The van der Waals surface area contributed by atoms with Crippen LogP contribution in [0.3, 0.4) is 0 Å². The molecule has 0 spiro atoms. The largest absolute Gasteiger partial charge is 0.489 e. The number of halogens is 2. The lowest BCUT2D eigenvalue weighted by Gasteiger charge is -2.23. The van der Waals surface area contributed by atoms with Gasteiger partial charge in [0.25, 0.3) is 0 Å². The molecule has 6 nitrogen and oxygen atoms in total. The number of amides is 1. The van der Waals surface area contributed by atoms with Crippen molar-refractivity contribution in [3.63, 3.8) is 0 Å². The highest BCUT2D eigenvalue weighted by atomic mass is 35.5. The van der Waals surface area contributed by atoms with Gasteiger partial charge in [-0.05, 0) is 30.9 Å². The Bertz CT molecular complexity index is 536. The molecule has 3 rings (SSSR count). The molecule has 2 aliphatic rings. The van der Waals surface area contributed by atoms with Crippen LogP contribution in [0.25, 0.3) is 0 Å². The Labute approximate surface area is 167 Å². The summed E-state index contributed by atoms with van der Waals surface area (Å²) in [4.78, 5) is 16.5. The van der Waals surface area contributed by atoms with Gasteiger partial charge in [0.2, 0.25) is 5.91 Å². The maximum Gasteiger partial charge on any atom is 0.227 e. The van der Waals surface area contributed by atoms with Gasteiger partial charge >= 0.3 is 0 Å². The number of ether oxygens (including phenoxy) is 2. The van der Waals surface area contributed by atoms with Crippen molar-refractivity contribution < 1.29 is 14.3 Å². The first-order valence-corrected chi connectivity index (χ1v) is 9.00. The summed E-state index contributed by atoms with van der Waals surface area (Å²) in [6.07, 6.45) is 8.43. The number of nitrogens with one attached hydrogen (secondary N) is 2. The molecule has 1 amide bonds. The molecule has 1 aromatic rings. The number of aromatic nitrogens is 1. The monoisotopic (exact) mass is 405 g/mol. The topological polar surface area (TPSA) is 72.5 Å². The second kappa shape index (κ2) is 12.3. The predicted molar refractivity (Wildman–Crippen MR) is 107 cm³/mol. The fraction of sp³-hybridized carbons (Fsp3) is 0.667. The molecule has 26 heavy (non-hydrogen) atoms. The first kappa shape index (κ1) is 23.0. The van der Waals surface area contributed by atoms with Gasteiger partial charge in [-0.25, -0.2) is 4.98 Å². The van der Waals surface area contributed by atoms with Crippen molar-refractivity contribution in [2.45, 2.75) is 44.6 Å². The van der Waals surface area contributed by atoms with Crippen LogP contribution in [-0.4, -0.2) is 43.3 Å². The summed E-state index contributed by atoms with van der Waals surface area (Å²) >= 11 is 0. The van der Waals surface area contributed by atoms with Gasteiger partial charge in [0.15, 0.2) is 11.6 Å². The Kier molecular flexibility index (Phi) is 10.9. The minimum atomic E-state index is -0.0702. The van der Waals surface area contributed by atoms with E-state index >= 15 is 0 Å². The summed E-state index contributed by atoms with van der Waals surface area (Å²) in [5, 5.41) is 6.16. The molecule has 8 heteroatoms. The van der Waals surface area contributed by atoms with E-state index in [9.17, 15) is 4.79 Å². The second-order valence-corrected chi connectivity index (χ2v) is 6.64. The zero-order chi connectivity index (χ0) is 16.6. The van der Waals surface area contributed by atoms with Crippen molar-refractivity contribution >= 4 is 36.5 Å². The lowest BCUT2D eigenvalue weighted by atomic mass is 9.90. The highest BCUT2D eigenvalue weighted by molar-refractivity contribution is 5.91. The number of nitrogens with zero attached hydrogens (tertiary/aromatic N) is 1. The minimum absolute atomic E-state index is 0. The van der Waals surface area contributed by atoms with Crippen LogP contribution >= 0.6 is 24.8 Å². The molecular formula is C18H29Cl2N3O3. The second-order valence-electron chi connectivity index (χ2n) is 6.64. The maximum absolute atomic E-state index is 12.2. The first-order chi connectivity index (χ1) is 11.8. The third-order valence-corrected chi connectivity index (χ3v) is 4.66. The van der Waals surface area contributed by atoms with Crippen molar-refractivity contribution in [3.05, 3.63) is 18.3 Å². The van der Waals surface area contributed by atoms with Crippen LogP contribution in [-0.2, 0) is 9.53 Å². The van der Waals surface area contributed by atoms with E-state index in [0.29, 0.717) is 43.7 Å². The van der Waals surface area contributed by atoms with Crippen LogP contribution in [0.2, 0.25) is 0 Å². The summed E-state index contributed by atoms with van der Waals surface area (Å²) in [6.45, 7) is 2.77. The number of morpholine rings is 1. The zero-order valence-electron chi connectivity index (χ0n) is 14.9. The molecule has 2 heterocycles. The SMILES string of the molecule is Cl.Cl.O=C(CC1COCCN1)Nc1ncccc1OCC1CCCCC1. The fourth-order valence-electron chi connectivity index (χ4n) is 3.32. The number of anilines is 1. The third kappa shape index (κ3) is 7.27. The maximum atomic E-state index is 12.2. The van der Waals surface area contributed by atoms with Crippen LogP contribution in [0.4, 0.5) is 5.82 Å². The summed E-state index contributed by atoms with van der Waals surface area (Å²) in [5.41, 5.74) is 0. The molecule has 1 saturated heterocycles. The number of hydrogen-bond donors (Lipinski definition) is 2. The van der Waals surface area contributed by atoms with Gasteiger partial charge < -0.3 is 20.1 Å². The summed E-state index contributed by atoms with van der Waals surface area (Å²) in [5.74, 6) is 1.71.